The molecule has 0 saturated carbocycles. The van der Waals surface area contributed by atoms with Crippen LogP contribution < -0.4 is 31.7 Å². The number of nitrogens with two attached hydrogens (primary N) is 1. The average Bonchev–Trinajstić information content (AvgIpc) is 3.81. The number of unbranched alkanes of at least 4 members (excludes halogenated alkanes) is 2. The number of amides is 1. The topological polar surface area (TPSA) is 390 Å². The molecular weight excluding hydrogens is 1010 g/mol. The van der Waals surface area contributed by atoms with Crippen molar-refractivity contribution in [2.24, 2.45) is 0 Å². The zero-order valence-electron chi connectivity index (χ0n) is 37.1. The van der Waals surface area contributed by atoms with Crippen LogP contribution in [0.25, 0.3) is 34.2 Å². The number of benzene rings is 1. The second-order valence-electron chi connectivity index (χ2n) is 15.5. The molecule has 1 aliphatic heterocycles. The summed E-state index contributed by atoms with van der Waals surface area (Å²) in [6.45, 7) is 4.77. The van der Waals surface area contributed by atoms with E-state index in [9.17, 15) is 55.9 Å². The van der Waals surface area contributed by atoms with Gasteiger partial charge in [0.25, 0.3) is 5.56 Å². The van der Waals surface area contributed by atoms with E-state index in [4.69, 9.17) is 24.7 Å². The molecule has 1 aromatic carbocycles. The molecular formula is C40H48N7O19P3S. The molecule has 9 N–H and O–H groups in total. The van der Waals surface area contributed by atoms with Gasteiger partial charge < -0.3 is 58.9 Å². The highest BCUT2D eigenvalue weighted by atomic mass is 32.2. The summed E-state index contributed by atoms with van der Waals surface area (Å²) in [6, 6.07) is 9.93. The number of aliphatic hydroxyl groups is 1. The van der Waals surface area contributed by atoms with Crippen LogP contribution in [0.5, 0.6) is 0 Å². The lowest BCUT2D eigenvalue weighted by Gasteiger charge is -2.20. The lowest BCUT2D eigenvalue weighted by Crippen LogP contribution is -2.37. The quantitative estimate of drug-likeness (QED) is 0.0131. The molecule has 2 unspecified atom stereocenters. The van der Waals surface area contributed by atoms with Crippen molar-refractivity contribution in [2.75, 3.05) is 36.9 Å². The molecule has 5 heterocycles. The summed E-state index contributed by atoms with van der Waals surface area (Å²) in [5, 5.41) is 14.0. The van der Waals surface area contributed by atoms with Crippen molar-refractivity contribution in [1.82, 2.24) is 19.9 Å². The summed E-state index contributed by atoms with van der Waals surface area (Å²) in [5.74, 6) is 4.88. The first-order valence-electron chi connectivity index (χ1n) is 21.1. The van der Waals surface area contributed by atoms with Gasteiger partial charge in [0, 0.05) is 67.8 Å². The van der Waals surface area contributed by atoms with Gasteiger partial charge in [0.1, 0.15) is 39.5 Å². The number of hydrogen-bond donors (Lipinski definition) is 8. The number of aryl methyl sites for hydroxylation is 1. The Morgan fingerprint density at radius 2 is 1.81 bits per heavy atom. The number of nitrogens with one attached hydrogen (secondary N) is 2. The molecule has 1 fully saturated rings. The van der Waals surface area contributed by atoms with Gasteiger partial charge in [-0.15, -0.1) is 0 Å². The predicted molar refractivity (Wildman–Crippen MR) is 247 cm³/mol. The Labute approximate surface area is 397 Å². The monoisotopic (exact) mass is 1060 g/mol. The Morgan fingerprint density at radius 3 is 2.51 bits per heavy atom. The Bertz CT molecular complexity index is 3250. The van der Waals surface area contributed by atoms with Crippen molar-refractivity contribution in [1.29, 1.82) is 0 Å². The molecule has 30 heteroatoms. The Morgan fingerprint density at radius 1 is 1.07 bits per heavy atom. The summed E-state index contributed by atoms with van der Waals surface area (Å²) in [6.07, 6.45) is 3.07. The number of phosphoric acid groups is 3. The maximum atomic E-state index is 13.0. The molecule has 5 aromatic rings. The number of nitrogens with zero attached hydrogens (tertiary/aromatic N) is 4. The van der Waals surface area contributed by atoms with Crippen molar-refractivity contribution in [2.45, 2.75) is 75.8 Å². The summed E-state index contributed by atoms with van der Waals surface area (Å²) in [7, 11) is -21.7. The fraction of sp³-hybridized carbons (Fsp3) is 0.375. The molecule has 1 saturated heterocycles. The molecule has 0 spiro atoms. The second-order valence-corrected chi connectivity index (χ2v) is 21.3. The van der Waals surface area contributed by atoms with Crippen LogP contribution in [0.4, 0.5) is 11.6 Å². The molecule has 26 nitrogen and oxygen atoms in total. The molecule has 6 rings (SSSR count). The van der Waals surface area contributed by atoms with Gasteiger partial charge in [-0.05, 0) is 57.0 Å². The number of aromatic amines is 1. The summed E-state index contributed by atoms with van der Waals surface area (Å²) in [4.78, 5) is 83.4. The SMILES string of the molecule is CCN(CC)c1ccc2cc(/C=C/c3ccc(S(=O)(=O)[O-])c[n+]3CCCCCC(=O)NCC#Cc3cn([C@H]4C[C@H](O)[C@@H](COP(=O)(O)OP(=O)(O)OP(=O)(O)O)O4)c4nc(N)[nH]c(=O)c34)c(=O)oc2c1. The smallest absolute Gasteiger partial charge is 0.490 e. The van der Waals surface area contributed by atoms with Crippen LogP contribution in [-0.4, -0.2) is 96.5 Å². The maximum absolute atomic E-state index is 13.0. The first kappa shape index (κ1) is 54.0. The highest BCUT2D eigenvalue weighted by molar-refractivity contribution is 7.85. The van der Waals surface area contributed by atoms with E-state index >= 15 is 0 Å². The van der Waals surface area contributed by atoms with E-state index < -0.39 is 74.7 Å². The fourth-order valence-electron chi connectivity index (χ4n) is 7.33. The highest BCUT2D eigenvalue weighted by Crippen LogP contribution is 2.66. The van der Waals surface area contributed by atoms with Crippen LogP contribution >= 0.6 is 23.5 Å². The molecule has 378 valence electrons. The number of phosphoric ester groups is 1. The van der Waals surface area contributed by atoms with E-state index in [1.54, 1.807) is 22.8 Å². The maximum Gasteiger partial charge on any atom is 0.490 e. The van der Waals surface area contributed by atoms with Gasteiger partial charge >= 0.3 is 29.1 Å². The third-order valence-electron chi connectivity index (χ3n) is 10.6. The molecule has 0 radical (unpaired) electrons. The van der Waals surface area contributed by atoms with E-state index in [1.807, 2.05) is 32.0 Å². The van der Waals surface area contributed by atoms with E-state index in [2.05, 4.69) is 45.2 Å². The minimum Gasteiger partial charge on any atom is -0.744 e. The number of carbonyl (C=O) groups is 1. The fourth-order valence-corrected chi connectivity index (χ4v) is 10.8. The number of ether oxygens (including phenoxy) is 1. The Kier molecular flexibility index (Phi) is 17.2. The number of rotatable bonds is 21. The van der Waals surface area contributed by atoms with E-state index in [0.717, 1.165) is 18.8 Å². The Balaban J connectivity index is 1.04. The zero-order valence-corrected chi connectivity index (χ0v) is 40.6. The summed E-state index contributed by atoms with van der Waals surface area (Å²) < 4.78 is 96.5. The van der Waals surface area contributed by atoms with Gasteiger partial charge in [0.15, 0.2) is 11.8 Å². The first-order chi connectivity index (χ1) is 32.8. The largest absolute Gasteiger partial charge is 0.744 e. The molecule has 4 aromatic heterocycles. The minimum absolute atomic E-state index is 0.0370. The van der Waals surface area contributed by atoms with E-state index in [-0.39, 0.29) is 59.9 Å². The number of aromatic nitrogens is 4. The number of carbonyl (C=O) groups excluding carboxylic acids is 1. The number of aliphatic hydroxyl groups excluding tert-OH is 1. The van der Waals surface area contributed by atoms with Crippen molar-refractivity contribution in [3.63, 3.8) is 0 Å². The van der Waals surface area contributed by atoms with Crippen molar-refractivity contribution < 1.29 is 83.0 Å². The van der Waals surface area contributed by atoms with Crippen molar-refractivity contribution in [3.05, 3.63) is 86.4 Å². The summed E-state index contributed by atoms with van der Waals surface area (Å²) >= 11 is 0. The highest BCUT2D eigenvalue weighted by Gasteiger charge is 2.43. The average molecular weight is 1060 g/mol. The molecule has 1 amide bonds. The number of nitrogen functional groups attached to an aromatic ring is 1. The first-order valence-corrected chi connectivity index (χ1v) is 27.1. The molecule has 5 atom stereocenters. The van der Waals surface area contributed by atoms with Gasteiger partial charge in [-0.1, -0.05) is 11.8 Å². The lowest BCUT2D eigenvalue weighted by molar-refractivity contribution is -0.700. The molecule has 0 bridgehead atoms. The number of H-pyrrole nitrogens is 1. The predicted octanol–water partition coefficient (Wildman–Crippen LogP) is 2.34. The minimum atomic E-state index is -5.80. The number of hydrogen-bond acceptors (Lipinski definition) is 18. The van der Waals surface area contributed by atoms with Crippen molar-refractivity contribution >= 4 is 85.3 Å². The number of pyridine rings is 1. The van der Waals surface area contributed by atoms with E-state index in [0.29, 0.717) is 35.9 Å². The van der Waals surface area contributed by atoms with E-state index in [1.165, 1.54) is 29.1 Å². The third kappa shape index (κ3) is 14.4. The Hall–Kier alpha value is -5.39. The third-order valence-corrected chi connectivity index (χ3v) is 15.2. The van der Waals surface area contributed by atoms with Crippen LogP contribution in [0.15, 0.2) is 67.7 Å². The van der Waals surface area contributed by atoms with Crippen LogP contribution in [0, 0.1) is 11.8 Å². The van der Waals surface area contributed by atoms with Gasteiger partial charge in [-0.3, -0.25) is 19.1 Å². The van der Waals surface area contributed by atoms with Gasteiger partial charge in [-0.25, -0.2) is 26.9 Å². The van der Waals surface area contributed by atoms with Gasteiger partial charge in [-0.2, -0.15) is 18.2 Å². The van der Waals surface area contributed by atoms with Crippen molar-refractivity contribution in [3.8, 4) is 11.8 Å². The second kappa shape index (κ2) is 22.4. The van der Waals surface area contributed by atoms with Crippen LogP contribution in [0.1, 0.15) is 69.0 Å². The lowest BCUT2D eigenvalue weighted by atomic mass is 10.1. The van der Waals surface area contributed by atoms with Gasteiger partial charge in [0.05, 0.1) is 35.8 Å². The number of anilines is 2. The molecule has 0 aliphatic carbocycles. The van der Waals surface area contributed by atoms with Crippen LogP contribution in [-0.2, 0) is 53.0 Å². The summed E-state index contributed by atoms with van der Waals surface area (Å²) in [5.41, 5.74) is 6.68. The molecule has 1 aliphatic rings. The van der Waals surface area contributed by atoms with Crippen LogP contribution in [0.3, 0.4) is 0 Å². The standard InChI is InChI=1S/C40H48N7O19P3S/c1-3-45(4-2)29-14-11-25-19-26(39(51)64-32(25)20-29)12-13-28-15-16-30(70(59,60)61)23-46(28)18-7-5-6-10-34(49)42-17-8-9-27-22-47(37-36(27)38(50)44-40(41)43-37)35-21-31(48)33(63-35)24-62-68(55,56)66-69(57,58)65-67(52,53)54/h11-16,19-20,22-23,31,33,35,48H,3-7,10,17-18,21,24H2,1-2H3,(H8-,41,42,43,44,49,50,52,53,54,55,56,57,58,59,60,61)/t31-,33+,35+/m0/s1. The normalized spacial score (nSPS) is 18.1. The van der Waals surface area contributed by atoms with Crippen LogP contribution in [0.2, 0.25) is 0 Å². The zero-order chi connectivity index (χ0) is 51.2. The molecule has 70 heavy (non-hydrogen) atoms. The van der Waals surface area contributed by atoms with Gasteiger partial charge in [0.2, 0.25) is 17.5 Å². The number of fused-ring (bicyclic) bond motifs is 2.